The quantitative estimate of drug-likeness (QED) is 0.667. The Morgan fingerprint density at radius 2 is 1.87 bits per heavy atom. The standard InChI is InChI=1S/C16H21FN2O4/c1-16(2,15(22)23)6-7-18-14(21)10-19-13(20)9-11-4-3-5-12(17)8-11/h3-5,8H,6-7,9-10H2,1-2H3,(H,18,21)(H,19,20)(H,22,23). The summed E-state index contributed by atoms with van der Waals surface area (Å²) >= 11 is 0. The second kappa shape index (κ2) is 8.26. The maximum atomic E-state index is 13.0. The van der Waals surface area contributed by atoms with Gasteiger partial charge in [-0.3, -0.25) is 14.4 Å². The Hall–Kier alpha value is -2.44. The highest BCUT2D eigenvalue weighted by molar-refractivity contribution is 5.85. The molecule has 0 atom stereocenters. The maximum absolute atomic E-state index is 13.0. The molecule has 126 valence electrons. The van der Waals surface area contributed by atoms with Crippen LogP contribution in [0.1, 0.15) is 25.8 Å². The minimum atomic E-state index is -0.935. The lowest BCUT2D eigenvalue weighted by molar-refractivity contribution is -0.147. The van der Waals surface area contributed by atoms with Crippen molar-refractivity contribution in [1.29, 1.82) is 0 Å². The van der Waals surface area contributed by atoms with Crippen LogP contribution in [0.2, 0.25) is 0 Å². The Bertz CT molecular complexity index is 587. The van der Waals surface area contributed by atoms with Crippen LogP contribution >= 0.6 is 0 Å². The van der Waals surface area contributed by atoms with Crippen LogP contribution in [-0.4, -0.2) is 36.0 Å². The van der Waals surface area contributed by atoms with E-state index in [-0.39, 0.29) is 25.9 Å². The fraction of sp³-hybridized carbons (Fsp3) is 0.438. The summed E-state index contributed by atoms with van der Waals surface area (Å²) in [4.78, 5) is 34.1. The lowest BCUT2D eigenvalue weighted by atomic mass is 9.90. The molecule has 0 unspecified atom stereocenters. The van der Waals surface area contributed by atoms with Crippen LogP contribution in [0.3, 0.4) is 0 Å². The van der Waals surface area contributed by atoms with Crippen LogP contribution in [0, 0.1) is 11.2 Å². The second-order valence-corrected chi connectivity index (χ2v) is 5.87. The third-order valence-electron chi connectivity index (χ3n) is 3.35. The number of carbonyl (C=O) groups is 3. The molecule has 23 heavy (non-hydrogen) atoms. The van der Waals surface area contributed by atoms with Crippen LogP contribution in [0.5, 0.6) is 0 Å². The molecule has 0 aliphatic carbocycles. The van der Waals surface area contributed by atoms with Crippen LogP contribution < -0.4 is 10.6 Å². The molecule has 7 heteroatoms. The van der Waals surface area contributed by atoms with Gasteiger partial charge in [0.15, 0.2) is 0 Å². The van der Waals surface area contributed by atoms with Crippen LogP contribution in [0.25, 0.3) is 0 Å². The largest absolute Gasteiger partial charge is 0.481 e. The van der Waals surface area contributed by atoms with Gasteiger partial charge in [0.25, 0.3) is 0 Å². The topological polar surface area (TPSA) is 95.5 Å². The van der Waals surface area contributed by atoms with Crippen molar-refractivity contribution in [1.82, 2.24) is 10.6 Å². The molecule has 0 aliphatic rings. The molecular weight excluding hydrogens is 303 g/mol. The molecule has 0 saturated heterocycles. The molecule has 0 radical (unpaired) electrons. The summed E-state index contributed by atoms with van der Waals surface area (Å²) in [6, 6.07) is 5.67. The summed E-state index contributed by atoms with van der Waals surface area (Å²) in [6.07, 6.45) is 0.266. The van der Waals surface area contributed by atoms with Gasteiger partial charge in [-0.25, -0.2) is 4.39 Å². The number of benzene rings is 1. The van der Waals surface area contributed by atoms with E-state index in [0.29, 0.717) is 5.56 Å². The summed E-state index contributed by atoms with van der Waals surface area (Å²) in [5.41, 5.74) is -0.403. The Morgan fingerprint density at radius 3 is 2.48 bits per heavy atom. The SMILES string of the molecule is CC(C)(CCNC(=O)CNC(=O)Cc1cccc(F)c1)C(=O)O. The molecule has 0 spiro atoms. The van der Waals surface area contributed by atoms with E-state index in [4.69, 9.17) is 5.11 Å². The average molecular weight is 324 g/mol. The number of amides is 2. The number of carboxylic acids is 1. The smallest absolute Gasteiger partial charge is 0.309 e. The average Bonchev–Trinajstić information content (AvgIpc) is 2.45. The van der Waals surface area contributed by atoms with E-state index < -0.39 is 29.0 Å². The van der Waals surface area contributed by atoms with E-state index in [2.05, 4.69) is 10.6 Å². The summed E-state index contributed by atoms with van der Waals surface area (Å²) < 4.78 is 13.0. The van der Waals surface area contributed by atoms with E-state index >= 15 is 0 Å². The molecule has 0 heterocycles. The van der Waals surface area contributed by atoms with Crippen LogP contribution in [-0.2, 0) is 20.8 Å². The van der Waals surface area contributed by atoms with Crippen molar-refractivity contribution >= 4 is 17.8 Å². The summed E-state index contributed by atoms with van der Waals surface area (Å²) in [6.45, 7) is 3.14. The Balaban J connectivity index is 2.28. The Labute approximate surface area is 134 Å². The highest BCUT2D eigenvalue weighted by Crippen LogP contribution is 2.19. The van der Waals surface area contributed by atoms with Gasteiger partial charge >= 0.3 is 5.97 Å². The minimum Gasteiger partial charge on any atom is -0.481 e. The molecule has 0 saturated carbocycles. The van der Waals surface area contributed by atoms with E-state index in [1.165, 1.54) is 18.2 Å². The van der Waals surface area contributed by atoms with Gasteiger partial charge in [-0.1, -0.05) is 12.1 Å². The predicted molar refractivity (Wildman–Crippen MR) is 82.2 cm³/mol. The van der Waals surface area contributed by atoms with Crippen LogP contribution in [0.4, 0.5) is 4.39 Å². The predicted octanol–water partition coefficient (Wildman–Crippen LogP) is 1.10. The highest BCUT2D eigenvalue weighted by atomic mass is 19.1. The highest BCUT2D eigenvalue weighted by Gasteiger charge is 2.26. The first-order chi connectivity index (χ1) is 10.7. The van der Waals surface area contributed by atoms with Crippen molar-refractivity contribution in [3.05, 3.63) is 35.6 Å². The normalized spacial score (nSPS) is 10.9. The maximum Gasteiger partial charge on any atom is 0.309 e. The Kier molecular flexibility index (Phi) is 6.68. The van der Waals surface area contributed by atoms with Gasteiger partial charge in [-0.15, -0.1) is 0 Å². The number of carboxylic acid groups (broad SMARTS) is 1. The molecule has 1 aromatic carbocycles. The molecule has 2 amide bonds. The lowest BCUT2D eigenvalue weighted by Crippen LogP contribution is -2.39. The molecule has 0 aliphatic heterocycles. The van der Waals surface area contributed by atoms with Gasteiger partial charge in [-0.05, 0) is 38.0 Å². The third kappa shape index (κ3) is 6.90. The van der Waals surface area contributed by atoms with E-state index in [0.717, 1.165) is 0 Å². The number of halogens is 1. The Morgan fingerprint density at radius 1 is 1.17 bits per heavy atom. The van der Waals surface area contributed by atoms with Gasteiger partial charge in [0, 0.05) is 6.54 Å². The number of carbonyl (C=O) groups excluding carboxylic acids is 2. The molecule has 0 aromatic heterocycles. The first-order valence-corrected chi connectivity index (χ1v) is 7.22. The van der Waals surface area contributed by atoms with Crippen molar-refractivity contribution in [2.75, 3.05) is 13.1 Å². The number of hydrogen-bond acceptors (Lipinski definition) is 3. The number of aliphatic carboxylic acids is 1. The molecule has 0 bridgehead atoms. The minimum absolute atomic E-state index is 0.0168. The zero-order valence-electron chi connectivity index (χ0n) is 13.2. The summed E-state index contributed by atoms with van der Waals surface area (Å²) in [5.74, 6) is -2.15. The molecule has 6 nitrogen and oxygen atoms in total. The summed E-state index contributed by atoms with van der Waals surface area (Å²) in [7, 11) is 0. The molecule has 1 rings (SSSR count). The first-order valence-electron chi connectivity index (χ1n) is 7.22. The van der Waals surface area contributed by atoms with Crippen molar-refractivity contribution in [3.63, 3.8) is 0 Å². The van der Waals surface area contributed by atoms with Crippen LogP contribution in [0.15, 0.2) is 24.3 Å². The summed E-state index contributed by atoms with van der Waals surface area (Å²) in [5, 5.41) is 13.9. The zero-order chi connectivity index (χ0) is 17.5. The van der Waals surface area contributed by atoms with E-state index in [1.807, 2.05) is 0 Å². The monoisotopic (exact) mass is 324 g/mol. The van der Waals surface area contributed by atoms with Gasteiger partial charge in [0.1, 0.15) is 5.82 Å². The molecule has 1 aromatic rings. The van der Waals surface area contributed by atoms with Crippen molar-refractivity contribution < 1.29 is 23.9 Å². The lowest BCUT2D eigenvalue weighted by Gasteiger charge is -2.18. The van der Waals surface area contributed by atoms with E-state index in [9.17, 15) is 18.8 Å². The fourth-order valence-electron chi connectivity index (χ4n) is 1.76. The second-order valence-electron chi connectivity index (χ2n) is 5.87. The fourth-order valence-corrected chi connectivity index (χ4v) is 1.76. The number of nitrogens with one attached hydrogen (secondary N) is 2. The van der Waals surface area contributed by atoms with Crippen molar-refractivity contribution in [2.24, 2.45) is 5.41 Å². The van der Waals surface area contributed by atoms with Gasteiger partial charge in [-0.2, -0.15) is 0 Å². The molecular formula is C16H21FN2O4. The van der Waals surface area contributed by atoms with E-state index in [1.54, 1.807) is 19.9 Å². The molecule has 3 N–H and O–H groups in total. The van der Waals surface area contributed by atoms with Gasteiger partial charge in [0.05, 0.1) is 18.4 Å². The number of hydrogen-bond donors (Lipinski definition) is 3. The van der Waals surface area contributed by atoms with Crippen molar-refractivity contribution in [2.45, 2.75) is 26.7 Å². The molecule has 0 fully saturated rings. The zero-order valence-corrected chi connectivity index (χ0v) is 13.2. The van der Waals surface area contributed by atoms with Gasteiger partial charge < -0.3 is 15.7 Å². The first kappa shape index (κ1) is 18.6. The number of rotatable bonds is 8. The third-order valence-corrected chi connectivity index (χ3v) is 3.35. The van der Waals surface area contributed by atoms with Gasteiger partial charge in [0.2, 0.25) is 11.8 Å². The van der Waals surface area contributed by atoms with Crippen molar-refractivity contribution in [3.8, 4) is 0 Å².